The Morgan fingerprint density at radius 3 is 2.85 bits per heavy atom. The lowest BCUT2D eigenvalue weighted by Gasteiger charge is -2.38. The Kier molecular flexibility index (Phi) is 4.57. The van der Waals surface area contributed by atoms with E-state index in [-0.39, 0.29) is 0 Å². The van der Waals surface area contributed by atoms with Gasteiger partial charge < -0.3 is 0 Å². The molecule has 1 aliphatic heterocycles. The van der Waals surface area contributed by atoms with Crippen LogP contribution < -0.4 is 0 Å². The topological polar surface area (TPSA) is 20.3 Å². The molecule has 0 amide bonds. The Morgan fingerprint density at radius 2 is 2.10 bits per heavy atom. The lowest BCUT2D eigenvalue weighted by atomic mass is 9.88. The average molecular weight is 336 g/mol. The first-order valence-corrected chi connectivity index (χ1v) is 8.54. The van der Waals surface area contributed by atoms with Crippen molar-refractivity contribution in [3.8, 4) is 0 Å². The summed E-state index contributed by atoms with van der Waals surface area (Å²) in [6, 6.07) is 9.03. The first-order valence-electron chi connectivity index (χ1n) is 7.75. The van der Waals surface area contributed by atoms with Gasteiger partial charge in [0, 0.05) is 29.4 Å². The van der Waals surface area contributed by atoms with E-state index in [1.165, 1.54) is 24.8 Å². The van der Waals surface area contributed by atoms with Crippen molar-refractivity contribution in [2.45, 2.75) is 51.1 Å². The summed E-state index contributed by atoms with van der Waals surface area (Å²) in [6.45, 7) is 2.12. The molecule has 1 aromatic carbocycles. The summed E-state index contributed by atoms with van der Waals surface area (Å²) in [7, 11) is 0. The molecule has 2 fully saturated rings. The molecule has 0 N–H and O–H groups in total. The van der Waals surface area contributed by atoms with Gasteiger partial charge in [-0.1, -0.05) is 34.5 Å². The summed E-state index contributed by atoms with van der Waals surface area (Å²) >= 11 is 3.55. The van der Waals surface area contributed by atoms with Crippen LogP contribution in [0.5, 0.6) is 0 Å². The van der Waals surface area contributed by atoms with Crippen molar-refractivity contribution in [3.05, 3.63) is 34.3 Å². The molecule has 1 heterocycles. The highest BCUT2D eigenvalue weighted by Crippen LogP contribution is 2.33. The van der Waals surface area contributed by atoms with Crippen LogP contribution in [0, 0.1) is 5.92 Å². The monoisotopic (exact) mass is 335 g/mol. The highest BCUT2D eigenvalue weighted by molar-refractivity contribution is 9.10. The highest BCUT2D eigenvalue weighted by atomic mass is 79.9. The molecule has 1 saturated heterocycles. The Labute approximate surface area is 129 Å². The van der Waals surface area contributed by atoms with Gasteiger partial charge in [0.1, 0.15) is 5.78 Å². The van der Waals surface area contributed by atoms with Gasteiger partial charge in [-0.05, 0) is 49.9 Å². The van der Waals surface area contributed by atoms with Crippen molar-refractivity contribution >= 4 is 21.7 Å². The first kappa shape index (κ1) is 14.3. The minimum Gasteiger partial charge on any atom is -0.299 e. The number of carbonyl (C=O) groups excluding carboxylic acids is 1. The van der Waals surface area contributed by atoms with Crippen LogP contribution in [-0.2, 0) is 11.3 Å². The lowest BCUT2D eigenvalue weighted by Crippen LogP contribution is -2.44. The molecule has 2 nitrogen and oxygen atoms in total. The molecular weight excluding hydrogens is 314 g/mol. The Balaban J connectivity index is 1.73. The van der Waals surface area contributed by atoms with Gasteiger partial charge in [0.2, 0.25) is 0 Å². The summed E-state index contributed by atoms with van der Waals surface area (Å²) in [5.74, 6) is 0.818. The van der Waals surface area contributed by atoms with E-state index in [1.54, 1.807) is 0 Å². The third-order valence-corrected chi connectivity index (χ3v) is 5.25. The van der Waals surface area contributed by atoms with E-state index in [9.17, 15) is 4.79 Å². The number of hydrogen-bond donors (Lipinski definition) is 0. The standard InChI is InChI=1S/C17H22BrNO/c18-14-6-3-5-13(11-14)12-19-10-2-1-8-16(19)15-7-4-9-17(15)20/h3,5-6,11,15-16H,1-2,4,7-10,12H2. The second-order valence-corrected chi connectivity index (χ2v) is 7.04. The zero-order chi connectivity index (χ0) is 13.9. The summed E-state index contributed by atoms with van der Waals surface area (Å²) in [5.41, 5.74) is 1.34. The lowest BCUT2D eigenvalue weighted by molar-refractivity contribution is -0.123. The highest BCUT2D eigenvalue weighted by Gasteiger charge is 2.36. The third kappa shape index (κ3) is 3.15. The van der Waals surface area contributed by atoms with E-state index in [1.807, 2.05) is 0 Å². The van der Waals surface area contributed by atoms with Gasteiger partial charge in [-0.2, -0.15) is 0 Å². The van der Waals surface area contributed by atoms with E-state index in [0.29, 0.717) is 17.7 Å². The van der Waals surface area contributed by atoms with E-state index >= 15 is 0 Å². The van der Waals surface area contributed by atoms with Crippen LogP contribution in [-0.4, -0.2) is 23.3 Å². The van der Waals surface area contributed by atoms with Crippen LogP contribution in [0.25, 0.3) is 0 Å². The first-order chi connectivity index (χ1) is 9.74. The third-order valence-electron chi connectivity index (χ3n) is 4.76. The molecule has 0 radical (unpaired) electrons. The molecule has 3 rings (SSSR count). The number of benzene rings is 1. The van der Waals surface area contributed by atoms with Crippen molar-refractivity contribution in [2.24, 2.45) is 5.92 Å². The molecule has 2 atom stereocenters. The molecular formula is C17H22BrNO. The number of rotatable bonds is 3. The summed E-state index contributed by atoms with van der Waals surface area (Å²) in [6.07, 6.45) is 6.77. The maximum atomic E-state index is 12.1. The number of hydrogen-bond acceptors (Lipinski definition) is 2. The summed E-state index contributed by atoms with van der Waals surface area (Å²) in [4.78, 5) is 14.6. The molecule has 0 aromatic heterocycles. The summed E-state index contributed by atoms with van der Waals surface area (Å²) < 4.78 is 1.14. The average Bonchev–Trinajstić information content (AvgIpc) is 2.86. The SMILES string of the molecule is O=C1CCCC1C1CCCCN1Cc1cccc(Br)c1. The molecule has 0 spiro atoms. The van der Waals surface area contributed by atoms with E-state index in [2.05, 4.69) is 45.1 Å². The molecule has 0 bridgehead atoms. The van der Waals surface area contributed by atoms with Crippen molar-refractivity contribution in [1.82, 2.24) is 4.90 Å². The van der Waals surface area contributed by atoms with Gasteiger partial charge in [-0.15, -0.1) is 0 Å². The van der Waals surface area contributed by atoms with Crippen molar-refractivity contribution in [3.63, 3.8) is 0 Å². The Bertz CT molecular complexity index is 488. The number of Topliss-reactive ketones (excluding diaryl/α,β-unsaturated/α-hetero) is 1. The normalized spacial score (nSPS) is 27.9. The number of carbonyl (C=O) groups is 1. The van der Waals surface area contributed by atoms with Gasteiger partial charge in [0.15, 0.2) is 0 Å². The van der Waals surface area contributed by atoms with Crippen LogP contribution in [0.1, 0.15) is 44.1 Å². The van der Waals surface area contributed by atoms with Crippen molar-refractivity contribution in [1.29, 1.82) is 0 Å². The number of piperidine rings is 1. The molecule has 20 heavy (non-hydrogen) atoms. The van der Waals surface area contributed by atoms with E-state index < -0.39 is 0 Å². The predicted octanol–water partition coefficient (Wildman–Crippen LogP) is 4.17. The van der Waals surface area contributed by atoms with Crippen LogP contribution in [0.2, 0.25) is 0 Å². The van der Waals surface area contributed by atoms with Gasteiger partial charge in [-0.25, -0.2) is 0 Å². The zero-order valence-electron chi connectivity index (χ0n) is 11.9. The molecule has 1 aliphatic carbocycles. The maximum Gasteiger partial charge on any atom is 0.137 e. The van der Waals surface area contributed by atoms with E-state index in [0.717, 1.165) is 36.8 Å². The van der Waals surface area contributed by atoms with Crippen LogP contribution in [0.4, 0.5) is 0 Å². The van der Waals surface area contributed by atoms with Crippen LogP contribution >= 0.6 is 15.9 Å². The molecule has 108 valence electrons. The largest absolute Gasteiger partial charge is 0.299 e. The summed E-state index contributed by atoms with van der Waals surface area (Å²) in [5, 5.41) is 0. The van der Waals surface area contributed by atoms with Gasteiger partial charge >= 0.3 is 0 Å². The number of halogens is 1. The zero-order valence-corrected chi connectivity index (χ0v) is 13.4. The molecule has 3 heteroatoms. The van der Waals surface area contributed by atoms with Crippen LogP contribution in [0.15, 0.2) is 28.7 Å². The second-order valence-electron chi connectivity index (χ2n) is 6.13. The second kappa shape index (κ2) is 6.40. The fraction of sp³-hybridized carbons (Fsp3) is 0.588. The smallest absolute Gasteiger partial charge is 0.137 e. The van der Waals surface area contributed by atoms with Crippen LogP contribution in [0.3, 0.4) is 0 Å². The molecule has 1 aromatic rings. The minimum absolute atomic E-state index is 0.308. The Morgan fingerprint density at radius 1 is 1.20 bits per heavy atom. The van der Waals surface area contributed by atoms with E-state index in [4.69, 9.17) is 0 Å². The van der Waals surface area contributed by atoms with Crippen molar-refractivity contribution in [2.75, 3.05) is 6.54 Å². The maximum absolute atomic E-state index is 12.1. The molecule has 2 aliphatic rings. The van der Waals surface area contributed by atoms with Gasteiger partial charge in [0.25, 0.3) is 0 Å². The van der Waals surface area contributed by atoms with Gasteiger partial charge in [0.05, 0.1) is 0 Å². The minimum atomic E-state index is 0.308. The number of likely N-dealkylation sites (tertiary alicyclic amines) is 1. The van der Waals surface area contributed by atoms with Gasteiger partial charge in [-0.3, -0.25) is 9.69 Å². The quantitative estimate of drug-likeness (QED) is 0.826. The van der Waals surface area contributed by atoms with Crippen molar-refractivity contribution < 1.29 is 4.79 Å². The number of nitrogens with zero attached hydrogens (tertiary/aromatic N) is 1. The predicted molar refractivity (Wildman–Crippen MR) is 84.5 cm³/mol. The molecule has 2 unspecified atom stereocenters. The Hall–Kier alpha value is -0.670. The fourth-order valence-electron chi connectivity index (χ4n) is 3.79. The molecule has 1 saturated carbocycles. The number of ketones is 1. The fourth-order valence-corrected chi connectivity index (χ4v) is 4.23.